The molecule has 2 N–H and O–H groups in total. The van der Waals surface area contributed by atoms with Crippen LogP contribution in [0.2, 0.25) is 0 Å². The van der Waals surface area contributed by atoms with Crippen LogP contribution in [0.5, 0.6) is 11.6 Å². The highest BCUT2D eigenvalue weighted by atomic mass is 32.1. The zero-order valence-electron chi connectivity index (χ0n) is 15.5. The normalized spacial score (nSPS) is 13.5. The molecule has 8 heteroatoms. The molecule has 1 amide bonds. The summed E-state index contributed by atoms with van der Waals surface area (Å²) >= 11 is 6.61. The molecule has 0 radical (unpaired) electrons. The van der Waals surface area contributed by atoms with Gasteiger partial charge in [-0.15, -0.1) is 11.3 Å². The van der Waals surface area contributed by atoms with E-state index >= 15 is 0 Å². The Kier molecular flexibility index (Phi) is 5.28. The van der Waals surface area contributed by atoms with E-state index in [9.17, 15) is 9.90 Å². The van der Waals surface area contributed by atoms with E-state index in [1.54, 1.807) is 37.6 Å². The molecule has 0 unspecified atom stereocenters. The fraction of sp³-hybridized carbons (Fsp3) is 0.0952. The first-order valence-corrected chi connectivity index (χ1v) is 9.99. The molecule has 6 nitrogen and oxygen atoms in total. The number of nitrogens with one attached hydrogen (secondary N) is 1. The van der Waals surface area contributed by atoms with Gasteiger partial charge in [-0.3, -0.25) is 14.4 Å². The minimum absolute atomic E-state index is 0.0323. The number of aromatic hydroxyl groups is 1. The number of ether oxygens (including phenoxy) is 1. The van der Waals surface area contributed by atoms with Crippen LogP contribution in [0.1, 0.15) is 10.4 Å². The van der Waals surface area contributed by atoms with Crippen molar-refractivity contribution < 1.29 is 14.6 Å². The standard InChI is InChI=1S/C21H17N3O3S2/c1-27-15-8-6-14(7-9-15)23-19(25)12-24-20(26)18(29-21(24)28)10-13-11-22-17-5-3-2-4-16(13)17/h2-11,26H,12H2,1H3,(H,23,25)/b13-10+. The van der Waals surface area contributed by atoms with Gasteiger partial charge in [-0.25, -0.2) is 0 Å². The highest BCUT2D eigenvalue weighted by Crippen LogP contribution is 2.35. The number of aromatic nitrogens is 1. The van der Waals surface area contributed by atoms with Gasteiger partial charge < -0.3 is 15.2 Å². The SMILES string of the molecule is COc1ccc(NC(=O)Cn2c(O)c(/C=C3\C=Nc4ccccc43)sc2=S)cc1. The molecule has 0 saturated heterocycles. The first-order chi connectivity index (χ1) is 14.0. The zero-order valence-corrected chi connectivity index (χ0v) is 17.1. The summed E-state index contributed by atoms with van der Waals surface area (Å²) in [6.07, 6.45) is 3.59. The molecule has 2 aromatic carbocycles. The number of carbonyl (C=O) groups excluding carboxylic acids is 1. The third-order valence-corrected chi connectivity index (χ3v) is 5.80. The van der Waals surface area contributed by atoms with Gasteiger partial charge in [-0.1, -0.05) is 18.2 Å². The van der Waals surface area contributed by atoms with Crippen LogP contribution < -0.4 is 10.1 Å². The van der Waals surface area contributed by atoms with Crippen molar-refractivity contribution in [2.24, 2.45) is 4.99 Å². The van der Waals surface area contributed by atoms with Crippen LogP contribution in [0, 0.1) is 3.95 Å². The summed E-state index contributed by atoms with van der Waals surface area (Å²) in [4.78, 5) is 17.4. The minimum Gasteiger partial charge on any atom is -0.497 e. The van der Waals surface area contributed by atoms with Crippen molar-refractivity contribution >= 4 is 58.7 Å². The van der Waals surface area contributed by atoms with Crippen molar-refractivity contribution in [2.45, 2.75) is 6.54 Å². The van der Waals surface area contributed by atoms with Crippen LogP contribution >= 0.6 is 23.6 Å². The van der Waals surface area contributed by atoms with Crippen molar-refractivity contribution in [3.63, 3.8) is 0 Å². The maximum absolute atomic E-state index is 12.4. The van der Waals surface area contributed by atoms with E-state index < -0.39 is 0 Å². The zero-order chi connectivity index (χ0) is 20.4. The number of rotatable bonds is 5. The molecule has 1 aromatic heterocycles. The monoisotopic (exact) mass is 423 g/mol. The summed E-state index contributed by atoms with van der Waals surface area (Å²) in [5.41, 5.74) is 3.41. The molecule has 0 saturated carbocycles. The first kappa shape index (κ1) is 19.1. The van der Waals surface area contributed by atoms with Crippen LogP contribution in [0.4, 0.5) is 11.4 Å². The maximum atomic E-state index is 12.4. The predicted octanol–water partition coefficient (Wildman–Crippen LogP) is 4.89. The molecular formula is C21H17N3O3S2. The Hall–Kier alpha value is -3.23. The van der Waals surface area contributed by atoms with E-state index in [0.29, 0.717) is 20.3 Å². The highest BCUT2D eigenvalue weighted by molar-refractivity contribution is 7.73. The number of methoxy groups -OCH3 is 1. The number of amides is 1. The Balaban J connectivity index is 1.53. The lowest BCUT2D eigenvalue weighted by molar-refractivity contribution is -0.116. The number of nitrogens with zero attached hydrogens (tertiary/aromatic N) is 2. The Morgan fingerprint density at radius 2 is 2.03 bits per heavy atom. The van der Waals surface area contributed by atoms with Gasteiger partial charge in [-0.2, -0.15) is 0 Å². The Morgan fingerprint density at radius 3 is 2.79 bits per heavy atom. The van der Waals surface area contributed by atoms with Gasteiger partial charge in [0.1, 0.15) is 12.3 Å². The second-order valence-electron chi connectivity index (χ2n) is 6.29. The van der Waals surface area contributed by atoms with Crippen LogP contribution in [0.25, 0.3) is 11.6 Å². The molecule has 0 atom stereocenters. The van der Waals surface area contributed by atoms with Crippen molar-refractivity contribution in [1.29, 1.82) is 0 Å². The summed E-state index contributed by atoms with van der Waals surface area (Å²) in [5.74, 6) is 0.386. The average molecular weight is 424 g/mol. The number of benzene rings is 2. The first-order valence-electron chi connectivity index (χ1n) is 8.77. The van der Waals surface area contributed by atoms with Gasteiger partial charge in [0.15, 0.2) is 3.95 Å². The quantitative estimate of drug-likeness (QED) is 0.573. The number of allylic oxidation sites excluding steroid dienone is 1. The van der Waals surface area contributed by atoms with E-state index in [1.165, 1.54) is 15.9 Å². The molecule has 0 spiro atoms. The van der Waals surface area contributed by atoms with Gasteiger partial charge in [0.05, 0.1) is 17.7 Å². The molecule has 1 aliphatic heterocycles. The number of hydrogen-bond acceptors (Lipinski definition) is 6. The van der Waals surface area contributed by atoms with Gasteiger partial charge in [-0.05, 0) is 48.6 Å². The van der Waals surface area contributed by atoms with Crippen molar-refractivity contribution in [3.05, 3.63) is 62.9 Å². The topological polar surface area (TPSA) is 75.8 Å². The molecule has 0 fully saturated rings. The highest BCUT2D eigenvalue weighted by Gasteiger charge is 2.16. The molecule has 29 heavy (non-hydrogen) atoms. The lowest BCUT2D eigenvalue weighted by atomic mass is 10.1. The van der Waals surface area contributed by atoms with Crippen LogP contribution in [-0.2, 0) is 11.3 Å². The average Bonchev–Trinajstić information content (AvgIpc) is 3.25. The second kappa shape index (κ2) is 8.02. The van der Waals surface area contributed by atoms with Gasteiger partial charge in [0.2, 0.25) is 11.8 Å². The number of hydrogen-bond donors (Lipinski definition) is 2. The van der Waals surface area contributed by atoms with E-state index in [4.69, 9.17) is 17.0 Å². The molecule has 3 aromatic rings. The van der Waals surface area contributed by atoms with Crippen LogP contribution in [0.15, 0.2) is 53.5 Å². The summed E-state index contributed by atoms with van der Waals surface area (Å²) < 4.78 is 6.94. The third kappa shape index (κ3) is 3.98. The van der Waals surface area contributed by atoms with Crippen molar-refractivity contribution in [3.8, 4) is 11.6 Å². The van der Waals surface area contributed by atoms with E-state index in [-0.39, 0.29) is 18.3 Å². The molecule has 0 bridgehead atoms. The molecule has 1 aliphatic rings. The Morgan fingerprint density at radius 1 is 1.28 bits per heavy atom. The number of anilines is 1. The van der Waals surface area contributed by atoms with Crippen molar-refractivity contribution in [1.82, 2.24) is 4.57 Å². The Bertz CT molecular complexity index is 1190. The predicted molar refractivity (Wildman–Crippen MR) is 119 cm³/mol. The summed E-state index contributed by atoms with van der Waals surface area (Å²) in [7, 11) is 1.58. The summed E-state index contributed by atoms with van der Waals surface area (Å²) in [6.45, 7) is -0.0823. The maximum Gasteiger partial charge on any atom is 0.244 e. The lowest BCUT2D eigenvalue weighted by Crippen LogP contribution is -2.18. The van der Waals surface area contributed by atoms with Crippen LogP contribution in [0.3, 0.4) is 0 Å². The Labute approximate surface area is 176 Å². The summed E-state index contributed by atoms with van der Waals surface area (Å²) in [5, 5.41) is 13.4. The van der Waals surface area contributed by atoms with E-state index in [2.05, 4.69) is 10.3 Å². The van der Waals surface area contributed by atoms with Gasteiger partial charge in [0, 0.05) is 23.0 Å². The lowest BCUT2D eigenvalue weighted by Gasteiger charge is -2.08. The fourth-order valence-electron chi connectivity index (χ4n) is 2.96. The summed E-state index contributed by atoms with van der Waals surface area (Å²) in [6, 6.07) is 14.8. The molecule has 2 heterocycles. The number of carbonyl (C=O) groups is 1. The number of thiazole rings is 1. The molecule has 146 valence electrons. The van der Waals surface area contributed by atoms with E-state index in [1.807, 2.05) is 30.3 Å². The number of aliphatic imine (C=N–C) groups is 1. The van der Waals surface area contributed by atoms with Crippen molar-refractivity contribution in [2.75, 3.05) is 12.4 Å². The fourth-order valence-corrected chi connectivity index (χ4v) is 4.22. The largest absolute Gasteiger partial charge is 0.497 e. The molecular weight excluding hydrogens is 406 g/mol. The van der Waals surface area contributed by atoms with Crippen LogP contribution in [-0.4, -0.2) is 28.9 Å². The van der Waals surface area contributed by atoms with E-state index in [0.717, 1.165) is 16.8 Å². The minimum atomic E-state index is -0.286. The molecule has 0 aliphatic carbocycles. The number of fused-ring (bicyclic) bond motifs is 1. The van der Waals surface area contributed by atoms with Gasteiger partial charge >= 0.3 is 0 Å². The number of para-hydroxylation sites is 1. The third-order valence-electron chi connectivity index (χ3n) is 4.41. The smallest absolute Gasteiger partial charge is 0.244 e. The van der Waals surface area contributed by atoms with Gasteiger partial charge in [0.25, 0.3) is 0 Å². The second-order valence-corrected chi connectivity index (χ2v) is 7.97. The molecule has 4 rings (SSSR count).